The number of alkyl halides is 1. The van der Waals surface area contributed by atoms with Crippen LogP contribution in [0.4, 0.5) is 4.39 Å². The second-order valence-electron chi connectivity index (χ2n) is 5.16. The van der Waals surface area contributed by atoms with Crippen molar-refractivity contribution in [1.29, 1.82) is 0 Å². The van der Waals surface area contributed by atoms with Crippen LogP contribution in [0.2, 0.25) is 0 Å². The highest BCUT2D eigenvalue weighted by molar-refractivity contribution is 5.96. The Kier molecular flexibility index (Phi) is 2.41. The van der Waals surface area contributed by atoms with E-state index in [2.05, 4.69) is 0 Å². The zero-order valence-corrected chi connectivity index (χ0v) is 10.0. The third-order valence-corrected chi connectivity index (χ3v) is 3.71. The van der Waals surface area contributed by atoms with E-state index in [1.54, 1.807) is 26.8 Å². The fraction of sp³-hybridized carbons (Fsp3) is 0.500. The first-order valence-corrected chi connectivity index (χ1v) is 5.68. The van der Waals surface area contributed by atoms with Gasteiger partial charge in [0, 0.05) is 11.0 Å². The zero-order valence-electron chi connectivity index (χ0n) is 10.0. The minimum atomic E-state index is -1.27. The second kappa shape index (κ2) is 3.41. The normalized spacial score (nSPS) is 18.2. The molecule has 0 saturated heterocycles. The predicted octanol–water partition coefficient (Wildman–Crippen LogP) is 3.67. The van der Waals surface area contributed by atoms with Crippen LogP contribution < -0.4 is 0 Å². The van der Waals surface area contributed by atoms with Gasteiger partial charge in [-0.1, -0.05) is 24.3 Å². The highest BCUT2D eigenvalue weighted by Gasteiger charge is 2.57. The second-order valence-corrected chi connectivity index (χ2v) is 5.16. The van der Waals surface area contributed by atoms with Gasteiger partial charge in [-0.3, -0.25) is 4.79 Å². The molecule has 0 N–H and O–H groups in total. The number of Topliss-reactive ketones (excluding diaryl/α,β-unsaturated/α-hetero) is 1. The highest BCUT2D eigenvalue weighted by Crippen LogP contribution is 2.58. The number of ketones is 1. The molecule has 1 saturated carbocycles. The molecule has 0 aromatic heterocycles. The monoisotopic (exact) mass is 220 g/mol. The summed E-state index contributed by atoms with van der Waals surface area (Å²) in [5.74, 6) is 0.0196. The first kappa shape index (κ1) is 11.3. The molecule has 0 heterocycles. The van der Waals surface area contributed by atoms with Crippen molar-refractivity contribution in [2.45, 2.75) is 44.7 Å². The molecule has 0 radical (unpaired) electrons. The lowest BCUT2D eigenvalue weighted by atomic mass is 9.79. The van der Waals surface area contributed by atoms with Gasteiger partial charge in [0.15, 0.2) is 5.78 Å². The molecule has 86 valence electrons. The lowest BCUT2D eigenvalue weighted by Crippen LogP contribution is -2.32. The van der Waals surface area contributed by atoms with Gasteiger partial charge in [0.2, 0.25) is 0 Å². The molecular formula is C14H17FO. The van der Waals surface area contributed by atoms with Gasteiger partial charge >= 0.3 is 0 Å². The molecule has 0 atom stereocenters. The van der Waals surface area contributed by atoms with Crippen LogP contribution in [-0.4, -0.2) is 11.5 Å². The Hall–Kier alpha value is -1.18. The summed E-state index contributed by atoms with van der Waals surface area (Å²) in [6.07, 6.45) is 1.67. The Morgan fingerprint density at radius 2 is 1.88 bits per heavy atom. The molecular weight excluding hydrogens is 203 g/mol. The van der Waals surface area contributed by atoms with E-state index in [4.69, 9.17) is 0 Å². The fourth-order valence-corrected chi connectivity index (χ4v) is 2.52. The average Bonchev–Trinajstić information content (AvgIpc) is 2.97. The number of carbonyl (C=O) groups excluding carboxylic acids is 1. The van der Waals surface area contributed by atoms with E-state index < -0.39 is 11.1 Å². The van der Waals surface area contributed by atoms with Gasteiger partial charge in [0.05, 0.1) is 0 Å². The summed E-state index contributed by atoms with van der Waals surface area (Å²) >= 11 is 0. The largest absolute Gasteiger partial charge is 0.295 e. The molecule has 1 aromatic carbocycles. The lowest BCUT2D eigenvalue weighted by Gasteiger charge is -2.28. The average molecular weight is 220 g/mol. The highest BCUT2D eigenvalue weighted by atomic mass is 19.1. The summed E-state index contributed by atoms with van der Waals surface area (Å²) in [6, 6.07) is 7.41. The van der Waals surface area contributed by atoms with Crippen molar-refractivity contribution in [3.63, 3.8) is 0 Å². The Morgan fingerprint density at radius 3 is 2.31 bits per heavy atom. The summed E-state index contributed by atoms with van der Waals surface area (Å²) in [5, 5.41) is 0. The molecule has 0 unspecified atom stereocenters. The van der Waals surface area contributed by atoms with Crippen molar-refractivity contribution in [3.8, 4) is 0 Å². The summed E-state index contributed by atoms with van der Waals surface area (Å²) in [6.45, 7) is 4.76. The Labute approximate surface area is 95.7 Å². The van der Waals surface area contributed by atoms with Crippen LogP contribution in [-0.2, 0) is 5.41 Å². The maximum Gasteiger partial charge on any atom is 0.160 e. The van der Waals surface area contributed by atoms with Crippen LogP contribution in [0.15, 0.2) is 24.3 Å². The first-order chi connectivity index (χ1) is 7.38. The molecule has 1 fully saturated rings. The number of rotatable bonds is 3. The molecule has 1 aromatic rings. The summed E-state index contributed by atoms with van der Waals surface area (Å²) in [4.78, 5) is 11.5. The predicted molar refractivity (Wildman–Crippen MR) is 62.5 cm³/mol. The van der Waals surface area contributed by atoms with E-state index in [1.165, 1.54) is 0 Å². The Morgan fingerprint density at radius 1 is 1.31 bits per heavy atom. The number of benzene rings is 1. The van der Waals surface area contributed by atoms with Gasteiger partial charge in [0.1, 0.15) is 5.67 Å². The Balaban J connectivity index is 2.53. The van der Waals surface area contributed by atoms with E-state index in [1.807, 2.05) is 18.2 Å². The van der Waals surface area contributed by atoms with Crippen molar-refractivity contribution in [3.05, 3.63) is 35.4 Å². The molecule has 0 bridgehead atoms. The maximum absolute atomic E-state index is 14.2. The minimum absolute atomic E-state index is 0.0196. The number of carbonyl (C=O) groups is 1. The van der Waals surface area contributed by atoms with Crippen LogP contribution in [0.25, 0.3) is 0 Å². The molecule has 2 rings (SSSR count). The number of hydrogen-bond acceptors (Lipinski definition) is 1. The number of hydrogen-bond donors (Lipinski definition) is 0. The number of halogens is 1. The van der Waals surface area contributed by atoms with Crippen molar-refractivity contribution < 1.29 is 9.18 Å². The molecule has 1 aliphatic carbocycles. The van der Waals surface area contributed by atoms with E-state index in [9.17, 15) is 9.18 Å². The van der Waals surface area contributed by atoms with Crippen LogP contribution in [0.3, 0.4) is 0 Å². The minimum Gasteiger partial charge on any atom is -0.295 e. The van der Waals surface area contributed by atoms with E-state index in [-0.39, 0.29) is 5.78 Å². The molecule has 1 aliphatic rings. The summed E-state index contributed by atoms with van der Waals surface area (Å²) < 4.78 is 14.2. The Bertz CT molecular complexity index is 425. The fourth-order valence-electron chi connectivity index (χ4n) is 2.52. The van der Waals surface area contributed by atoms with Crippen molar-refractivity contribution in [2.75, 3.05) is 0 Å². The van der Waals surface area contributed by atoms with Gasteiger partial charge in [-0.25, -0.2) is 4.39 Å². The van der Waals surface area contributed by atoms with E-state index in [0.29, 0.717) is 5.56 Å². The van der Waals surface area contributed by atoms with Crippen LogP contribution in [0, 0.1) is 0 Å². The van der Waals surface area contributed by atoms with E-state index >= 15 is 0 Å². The summed E-state index contributed by atoms with van der Waals surface area (Å²) in [5.41, 5.74) is -0.144. The third-order valence-electron chi connectivity index (χ3n) is 3.71. The van der Waals surface area contributed by atoms with Crippen LogP contribution in [0.5, 0.6) is 0 Å². The van der Waals surface area contributed by atoms with Gasteiger partial charge in [0.25, 0.3) is 0 Å². The maximum atomic E-state index is 14.2. The van der Waals surface area contributed by atoms with Gasteiger partial charge in [-0.15, -0.1) is 0 Å². The van der Waals surface area contributed by atoms with Gasteiger partial charge in [-0.2, -0.15) is 0 Å². The first-order valence-electron chi connectivity index (χ1n) is 5.68. The molecule has 16 heavy (non-hydrogen) atoms. The lowest BCUT2D eigenvalue weighted by molar-refractivity contribution is 0.101. The van der Waals surface area contributed by atoms with Crippen LogP contribution >= 0.6 is 0 Å². The van der Waals surface area contributed by atoms with Crippen LogP contribution in [0.1, 0.15) is 49.5 Å². The topological polar surface area (TPSA) is 17.1 Å². The zero-order chi connectivity index (χ0) is 12.0. The van der Waals surface area contributed by atoms with E-state index in [0.717, 1.165) is 18.4 Å². The van der Waals surface area contributed by atoms with Gasteiger partial charge in [-0.05, 0) is 39.2 Å². The van der Waals surface area contributed by atoms with Crippen molar-refractivity contribution in [2.24, 2.45) is 0 Å². The van der Waals surface area contributed by atoms with Crippen molar-refractivity contribution >= 4 is 5.78 Å². The van der Waals surface area contributed by atoms with Gasteiger partial charge < -0.3 is 0 Å². The SMILES string of the molecule is CC(=O)c1ccccc1C1(C(C)(C)F)CC1. The van der Waals surface area contributed by atoms with Crippen molar-refractivity contribution in [1.82, 2.24) is 0 Å². The quantitative estimate of drug-likeness (QED) is 0.710. The molecule has 0 aliphatic heterocycles. The third kappa shape index (κ3) is 1.57. The molecule has 0 amide bonds. The molecule has 1 nitrogen and oxygen atoms in total. The molecule has 0 spiro atoms. The summed E-state index contributed by atoms with van der Waals surface area (Å²) in [7, 11) is 0. The standard InChI is InChI=1S/C14H17FO/c1-10(16)11-6-4-5-7-12(11)14(8-9-14)13(2,3)15/h4-7H,8-9H2,1-3H3. The molecule has 2 heteroatoms. The smallest absolute Gasteiger partial charge is 0.160 e.